The van der Waals surface area contributed by atoms with Crippen molar-refractivity contribution in [3.63, 3.8) is 0 Å². The van der Waals surface area contributed by atoms with Gasteiger partial charge >= 0.3 is 0 Å². The number of nitrogens with zero attached hydrogens (tertiary/aromatic N) is 1. The Morgan fingerprint density at radius 1 is 1.50 bits per heavy atom. The van der Waals surface area contributed by atoms with E-state index >= 15 is 0 Å². The molecule has 1 aromatic carbocycles. The third-order valence-corrected chi connectivity index (χ3v) is 3.39. The highest BCUT2D eigenvalue weighted by Crippen LogP contribution is 2.19. The largest absolute Gasteiger partial charge is 0.241 e. The van der Waals surface area contributed by atoms with Gasteiger partial charge in [0.15, 0.2) is 0 Å². The molecule has 0 bridgehead atoms. The highest BCUT2D eigenvalue weighted by molar-refractivity contribution is 7.91. The monoisotopic (exact) mass is 204 g/mol. The summed E-state index contributed by atoms with van der Waals surface area (Å²) in [7, 11) is -1.38. The van der Waals surface area contributed by atoms with Crippen molar-refractivity contribution in [3.8, 4) is 0 Å². The van der Waals surface area contributed by atoms with Gasteiger partial charge in [0, 0.05) is 7.05 Å². The molecule has 0 fully saturated rings. The minimum absolute atomic E-state index is 0.383. The summed E-state index contributed by atoms with van der Waals surface area (Å²) in [6.45, 7) is 0. The average Bonchev–Trinajstić information content (AvgIpc) is 2.05. The van der Waals surface area contributed by atoms with Gasteiger partial charge in [0.1, 0.15) is 9.92 Å². The number of hydrogen-bond acceptors (Lipinski definition) is 2. The van der Waals surface area contributed by atoms with Crippen molar-refractivity contribution in [2.45, 2.75) is 4.90 Å². The van der Waals surface area contributed by atoms with E-state index in [0.717, 1.165) is 0 Å². The number of hydrogen-bond donors (Lipinski definition) is 1. The first-order chi connectivity index (χ1) is 5.58. The van der Waals surface area contributed by atoms with E-state index < -0.39 is 9.92 Å². The lowest BCUT2D eigenvalue weighted by Crippen LogP contribution is -2.12. The Balaban J connectivity index is 3.40. The predicted molar refractivity (Wildman–Crippen MR) is 50.4 cm³/mol. The molecule has 1 aromatic rings. The van der Waals surface area contributed by atoms with E-state index in [1.165, 1.54) is 7.05 Å². The lowest BCUT2D eigenvalue weighted by atomic mass is 10.4. The molecule has 0 saturated heterocycles. The van der Waals surface area contributed by atoms with Crippen LogP contribution in [0.4, 0.5) is 0 Å². The molecule has 0 amide bonds. The molecule has 0 aliphatic heterocycles. The maximum atomic E-state index is 11.5. The molecule has 1 atom stereocenters. The van der Waals surface area contributed by atoms with E-state index in [1.54, 1.807) is 24.3 Å². The van der Waals surface area contributed by atoms with Crippen LogP contribution in [0.1, 0.15) is 0 Å². The Hall–Kier alpha value is -0.580. The van der Waals surface area contributed by atoms with Gasteiger partial charge in [-0.2, -0.15) is 0 Å². The summed E-state index contributed by atoms with van der Waals surface area (Å²) in [6, 6.07) is 6.71. The van der Waals surface area contributed by atoms with Crippen LogP contribution in [0.5, 0.6) is 0 Å². The lowest BCUT2D eigenvalue weighted by molar-refractivity contribution is 0.677. The van der Waals surface area contributed by atoms with E-state index in [1.807, 2.05) is 0 Å². The highest BCUT2D eigenvalue weighted by atomic mass is 35.5. The number of halogens is 1. The molecule has 0 saturated carbocycles. The zero-order chi connectivity index (χ0) is 9.19. The van der Waals surface area contributed by atoms with Gasteiger partial charge in [-0.15, -0.1) is 0 Å². The van der Waals surface area contributed by atoms with Crippen LogP contribution in [-0.4, -0.2) is 11.3 Å². The Labute approximate surface area is 76.9 Å². The highest BCUT2D eigenvalue weighted by Gasteiger charge is 2.08. The molecule has 3 nitrogen and oxygen atoms in total. The third kappa shape index (κ3) is 1.77. The molecule has 1 rings (SSSR count). The standard InChI is InChI=1S/C7H9ClN2OS/c1-10-12(9,11)7-5-3-2-4-6(7)8/h2-5H,1H3,(H2,9,10,11). The fraction of sp³-hybridized carbons (Fsp3) is 0.143. The van der Waals surface area contributed by atoms with Gasteiger partial charge in [-0.3, -0.25) is 0 Å². The van der Waals surface area contributed by atoms with Crippen LogP contribution >= 0.6 is 11.6 Å². The van der Waals surface area contributed by atoms with Gasteiger partial charge in [-0.25, -0.2) is 13.7 Å². The van der Waals surface area contributed by atoms with Crippen molar-refractivity contribution >= 4 is 21.5 Å². The Kier molecular flexibility index (Phi) is 2.72. The normalized spacial score (nSPS) is 15.2. The predicted octanol–water partition coefficient (Wildman–Crippen LogP) is 1.67. The number of rotatable bonds is 1. The van der Waals surface area contributed by atoms with Gasteiger partial charge in [0.25, 0.3) is 0 Å². The molecule has 2 N–H and O–H groups in total. The van der Waals surface area contributed by atoms with Crippen molar-refractivity contribution < 1.29 is 4.21 Å². The Morgan fingerprint density at radius 3 is 2.58 bits per heavy atom. The van der Waals surface area contributed by atoms with E-state index in [4.69, 9.17) is 16.7 Å². The van der Waals surface area contributed by atoms with E-state index in [-0.39, 0.29) is 0 Å². The van der Waals surface area contributed by atoms with Crippen molar-refractivity contribution in [1.82, 2.24) is 0 Å². The van der Waals surface area contributed by atoms with Crippen molar-refractivity contribution in [2.24, 2.45) is 9.50 Å². The summed E-state index contributed by atoms with van der Waals surface area (Å²) in [5, 5.41) is 5.80. The van der Waals surface area contributed by atoms with Crippen LogP contribution in [0.15, 0.2) is 33.5 Å². The van der Waals surface area contributed by atoms with Crippen LogP contribution < -0.4 is 5.14 Å². The van der Waals surface area contributed by atoms with Crippen molar-refractivity contribution in [3.05, 3.63) is 29.3 Å². The summed E-state index contributed by atoms with van der Waals surface area (Å²) < 4.78 is 15.1. The molecular weight excluding hydrogens is 196 g/mol. The zero-order valence-corrected chi connectivity index (χ0v) is 8.10. The minimum atomic E-state index is -2.79. The smallest absolute Gasteiger partial charge is 0.135 e. The molecule has 1 unspecified atom stereocenters. The van der Waals surface area contributed by atoms with Gasteiger partial charge in [0.05, 0.1) is 9.92 Å². The van der Waals surface area contributed by atoms with Crippen LogP contribution in [0.2, 0.25) is 5.02 Å². The fourth-order valence-corrected chi connectivity index (χ4v) is 2.07. The third-order valence-electron chi connectivity index (χ3n) is 1.42. The molecule has 0 aromatic heterocycles. The second kappa shape index (κ2) is 3.43. The van der Waals surface area contributed by atoms with Crippen molar-refractivity contribution in [1.29, 1.82) is 0 Å². The summed E-state index contributed by atoms with van der Waals surface area (Å²) in [5.74, 6) is 0. The van der Waals surface area contributed by atoms with E-state index in [2.05, 4.69) is 4.36 Å². The van der Waals surface area contributed by atoms with Gasteiger partial charge < -0.3 is 0 Å². The number of nitrogens with two attached hydrogens (primary N) is 1. The summed E-state index contributed by atoms with van der Waals surface area (Å²) in [5.41, 5.74) is 0. The Bertz CT molecular complexity index is 396. The maximum Gasteiger partial charge on any atom is 0.135 e. The summed E-state index contributed by atoms with van der Waals surface area (Å²) in [6.07, 6.45) is 0. The van der Waals surface area contributed by atoms with Crippen LogP contribution in [0, 0.1) is 0 Å². The molecule has 0 aliphatic rings. The second-order valence-electron chi connectivity index (χ2n) is 2.18. The molecule has 66 valence electrons. The first-order valence-electron chi connectivity index (χ1n) is 3.25. The molecule has 5 heteroatoms. The topological polar surface area (TPSA) is 55.4 Å². The van der Waals surface area contributed by atoms with Gasteiger partial charge in [-0.1, -0.05) is 23.7 Å². The van der Waals surface area contributed by atoms with Crippen LogP contribution in [0.3, 0.4) is 0 Å². The average molecular weight is 205 g/mol. The zero-order valence-electron chi connectivity index (χ0n) is 6.53. The first-order valence-corrected chi connectivity index (χ1v) is 5.21. The van der Waals surface area contributed by atoms with E-state index in [9.17, 15) is 4.21 Å². The molecule has 0 spiro atoms. The fourth-order valence-electron chi connectivity index (χ4n) is 0.780. The molecule has 0 heterocycles. The second-order valence-corrected chi connectivity index (χ2v) is 4.53. The minimum Gasteiger partial charge on any atom is -0.241 e. The van der Waals surface area contributed by atoms with Gasteiger partial charge in [-0.05, 0) is 12.1 Å². The lowest BCUT2D eigenvalue weighted by Gasteiger charge is -2.03. The number of benzene rings is 1. The molecular formula is C7H9ClN2OS. The maximum absolute atomic E-state index is 11.5. The van der Waals surface area contributed by atoms with Gasteiger partial charge in [0.2, 0.25) is 0 Å². The quantitative estimate of drug-likeness (QED) is 0.744. The van der Waals surface area contributed by atoms with Crippen LogP contribution in [-0.2, 0) is 9.92 Å². The SMILES string of the molecule is CN=S(N)(=O)c1ccccc1Cl. The molecule has 12 heavy (non-hydrogen) atoms. The van der Waals surface area contributed by atoms with E-state index in [0.29, 0.717) is 9.92 Å². The summed E-state index contributed by atoms with van der Waals surface area (Å²) in [4.78, 5) is 0.383. The first kappa shape index (κ1) is 9.51. The molecule has 0 aliphatic carbocycles. The van der Waals surface area contributed by atoms with Crippen LogP contribution in [0.25, 0.3) is 0 Å². The molecule has 0 radical (unpaired) electrons. The Morgan fingerprint density at radius 2 is 2.08 bits per heavy atom. The van der Waals surface area contributed by atoms with Crippen molar-refractivity contribution in [2.75, 3.05) is 7.05 Å². The summed E-state index contributed by atoms with van der Waals surface area (Å²) >= 11 is 5.77.